The highest BCUT2D eigenvalue weighted by Crippen LogP contribution is 2.24. The van der Waals surface area contributed by atoms with E-state index in [-0.39, 0.29) is 5.91 Å². The van der Waals surface area contributed by atoms with E-state index in [0.29, 0.717) is 17.2 Å². The maximum atomic E-state index is 12.1. The van der Waals surface area contributed by atoms with E-state index in [4.69, 9.17) is 5.73 Å². The second-order valence-corrected chi connectivity index (χ2v) is 5.71. The quantitative estimate of drug-likeness (QED) is 0.705. The number of aryl methyl sites for hydroxylation is 1. The molecule has 0 unspecified atom stereocenters. The number of rotatable bonds is 5. The van der Waals surface area contributed by atoms with Gasteiger partial charge in [-0.2, -0.15) is 0 Å². The molecule has 0 fully saturated rings. The molecule has 3 N–H and O–H groups in total. The van der Waals surface area contributed by atoms with E-state index in [1.807, 2.05) is 22.9 Å². The van der Waals surface area contributed by atoms with Crippen LogP contribution in [0.3, 0.4) is 0 Å². The minimum absolute atomic E-state index is 0.0745. The van der Waals surface area contributed by atoms with Crippen molar-refractivity contribution in [3.05, 3.63) is 42.5 Å². The van der Waals surface area contributed by atoms with Crippen LogP contribution < -0.4 is 11.1 Å². The van der Waals surface area contributed by atoms with Crippen molar-refractivity contribution in [3.8, 4) is 0 Å². The molecule has 0 saturated carbocycles. The van der Waals surface area contributed by atoms with Crippen molar-refractivity contribution in [2.45, 2.75) is 13.0 Å². The normalized spacial score (nSPS) is 10.9. The van der Waals surface area contributed by atoms with Crippen molar-refractivity contribution in [3.63, 3.8) is 0 Å². The van der Waals surface area contributed by atoms with Gasteiger partial charge in [0.1, 0.15) is 0 Å². The van der Waals surface area contributed by atoms with Crippen molar-refractivity contribution < 1.29 is 4.79 Å². The smallest absolute Gasteiger partial charge is 0.251 e. The SMILES string of the molecule is Nc1nc2ccc(C(=O)NCCCn3ccnc3)cc2s1. The molecular formula is C14H15N5OS. The highest BCUT2D eigenvalue weighted by molar-refractivity contribution is 7.22. The van der Waals surface area contributed by atoms with E-state index in [9.17, 15) is 4.79 Å². The number of benzene rings is 1. The van der Waals surface area contributed by atoms with E-state index < -0.39 is 0 Å². The molecule has 2 aromatic heterocycles. The molecule has 0 saturated heterocycles. The number of hydrogen-bond acceptors (Lipinski definition) is 5. The topological polar surface area (TPSA) is 85.8 Å². The lowest BCUT2D eigenvalue weighted by atomic mass is 10.2. The van der Waals surface area contributed by atoms with Crippen LogP contribution in [0, 0.1) is 0 Å². The molecule has 3 aromatic rings. The Hall–Kier alpha value is -2.41. The molecule has 0 aliphatic rings. The van der Waals surface area contributed by atoms with Crippen LogP contribution in [0.4, 0.5) is 5.13 Å². The molecule has 0 radical (unpaired) electrons. The van der Waals surface area contributed by atoms with Crippen molar-refractivity contribution in [1.29, 1.82) is 0 Å². The van der Waals surface area contributed by atoms with Crippen molar-refractivity contribution in [2.24, 2.45) is 0 Å². The summed E-state index contributed by atoms with van der Waals surface area (Å²) in [5, 5.41) is 3.43. The zero-order chi connectivity index (χ0) is 14.7. The van der Waals surface area contributed by atoms with Gasteiger partial charge in [0.15, 0.2) is 5.13 Å². The lowest BCUT2D eigenvalue weighted by Gasteiger charge is -2.05. The summed E-state index contributed by atoms with van der Waals surface area (Å²) in [5.41, 5.74) is 7.12. The second kappa shape index (κ2) is 5.92. The van der Waals surface area contributed by atoms with Gasteiger partial charge >= 0.3 is 0 Å². The van der Waals surface area contributed by atoms with Gasteiger partial charge in [-0.05, 0) is 24.6 Å². The first-order valence-corrected chi connectivity index (χ1v) is 7.44. The fraction of sp³-hybridized carbons (Fsp3) is 0.214. The van der Waals surface area contributed by atoms with Crippen LogP contribution in [-0.4, -0.2) is 27.0 Å². The molecule has 6 nitrogen and oxygen atoms in total. The Balaban J connectivity index is 1.56. The summed E-state index contributed by atoms with van der Waals surface area (Å²) in [5.74, 6) is -0.0745. The van der Waals surface area contributed by atoms with Gasteiger partial charge in [0.2, 0.25) is 0 Å². The molecule has 3 rings (SSSR count). The number of carbonyl (C=O) groups is 1. The minimum atomic E-state index is -0.0745. The molecule has 0 atom stereocenters. The Bertz CT molecular complexity index is 750. The first-order chi connectivity index (χ1) is 10.2. The van der Waals surface area contributed by atoms with Gasteiger partial charge in [-0.15, -0.1) is 0 Å². The van der Waals surface area contributed by atoms with Crippen LogP contribution in [0.2, 0.25) is 0 Å². The predicted octanol–water partition coefficient (Wildman–Crippen LogP) is 1.90. The fourth-order valence-electron chi connectivity index (χ4n) is 2.07. The highest BCUT2D eigenvalue weighted by atomic mass is 32.1. The summed E-state index contributed by atoms with van der Waals surface area (Å²) < 4.78 is 2.91. The average molecular weight is 301 g/mol. The molecule has 2 heterocycles. The summed E-state index contributed by atoms with van der Waals surface area (Å²) in [4.78, 5) is 20.2. The highest BCUT2D eigenvalue weighted by Gasteiger charge is 2.08. The third kappa shape index (κ3) is 3.19. The van der Waals surface area contributed by atoms with E-state index in [1.165, 1.54) is 11.3 Å². The number of hydrogen-bond donors (Lipinski definition) is 2. The minimum Gasteiger partial charge on any atom is -0.375 e. The Morgan fingerprint density at radius 2 is 2.33 bits per heavy atom. The number of thiazole rings is 1. The summed E-state index contributed by atoms with van der Waals surface area (Å²) in [6.45, 7) is 1.46. The molecule has 0 spiro atoms. The molecule has 0 aliphatic carbocycles. The van der Waals surface area contributed by atoms with Gasteiger partial charge in [0, 0.05) is 31.0 Å². The molecule has 0 aliphatic heterocycles. The summed E-state index contributed by atoms with van der Waals surface area (Å²) in [6.07, 6.45) is 6.28. The van der Waals surface area contributed by atoms with Crippen LogP contribution >= 0.6 is 11.3 Å². The van der Waals surface area contributed by atoms with Crippen LogP contribution in [-0.2, 0) is 6.54 Å². The molecule has 1 amide bonds. The number of nitrogens with zero attached hydrogens (tertiary/aromatic N) is 3. The molecule has 7 heteroatoms. The zero-order valence-electron chi connectivity index (χ0n) is 11.3. The number of amides is 1. The molecular weight excluding hydrogens is 286 g/mol. The summed E-state index contributed by atoms with van der Waals surface area (Å²) in [6, 6.07) is 5.42. The predicted molar refractivity (Wildman–Crippen MR) is 83.2 cm³/mol. The number of carbonyl (C=O) groups excluding carboxylic acids is 1. The third-order valence-corrected chi connectivity index (χ3v) is 3.95. The van der Waals surface area contributed by atoms with Crippen LogP contribution in [0.5, 0.6) is 0 Å². The molecule has 21 heavy (non-hydrogen) atoms. The number of nitrogens with two attached hydrogens (primary N) is 1. The Kier molecular flexibility index (Phi) is 3.83. The number of nitrogens with one attached hydrogen (secondary N) is 1. The zero-order valence-corrected chi connectivity index (χ0v) is 12.1. The summed E-state index contributed by atoms with van der Waals surface area (Å²) >= 11 is 1.39. The van der Waals surface area contributed by atoms with Crippen molar-refractivity contribution in [1.82, 2.24) is 19.9 Å². The second-order valence-electron chi connectivity index (χ2n) is 4.64. The monoisotopic (exact) mass is 301 g/mol. The first-order valence-electron chi connectivity index (χ1n) is 6.62. The van der Waals surface area contributed by atoms with Crippen molar-refractivity contribution >= 4 is 32.6 Å². The first kappa shape index (κ1) is 13.6. The third-order valence-electron chi connectivity index (χ3n) is 3.11. The maximum Gasteiger partial charge on any atom is 0.251 e. The van der Waals surface area contributed by atoms with Crippen LogP contribution in [0.15, 0.2) is 36.9 Å². The number of imidazole rings is 1. The van der Waals surface area contributed by atoms with Gasteiger partial charge in [-0.25, -0.2) is 9.97 Å². The largest absolute Gasteiger partial charge is 0.375 e. The van der Waals surface area contributed by atoms with Gasteiger partial charge in [0.05, 0.1) is 16.5 Å². The Morgan fingerprint density at radius 1 is 1.43 bits per heavy atom. The lowest BCUT2D eigenvalue weighted by Crippen LogP contribution is -2.25. The number of aromatic nitrogens is 3. The van der Waals surface area contributed by atoms with E-state index in [2.05, 4.69) is 15.3 Å². The Morgan fingerprint density at radius 3 is 3.14 bits per heavy atom. The maximum absolute atomic E-state index is 12.1. The summed E-state index contributed by atoms with van der Waals surface area (Å²) in [7, 11) is 0. The van der Waals surface area contributed by atoms with Gasteiger partial charge < -0.3 is 15.6 Å². The van der Waals surface area contributed by atoms with E-state index >= 15 is 0 Å². The van der Waals surface area contributed by atoms with Gasteiger partial charge in [-0.3, -0.25) is 4.79 Å². The fourth-order valence-corrected chi connectivity index (χ4v) is 2.84. The van der Waals surface area contributed by atoms with Crippen LogP contribution in [0.25, 0.3) is 10.2 Å². The molecule has 0 bridgehead atoms. The van der Waals surface area contributed by atoms with E-state index in [1.54, 1.807) is 18.6 Å². The Labute approximate surface area is 125 Å². The standard InChI is InChI=1S/C14H15N5OS/c15-14-18-11-3-2-10(8-12(11)21-14)13(20)17-4-1-6-19-7-5-16-9-19/h2-3,5,7-9H,1,4,6H2,(H2,15,18)(H,17,20). The number of nitrogen functional groups attached to an aromatic ring is 1. The molecule has 1 aromatic carbocycles. The van der Waals surface area contributed by atoms with Crippen LogP contribution in [0.1, 0.15) is 16.8 Å². The van der Waals surface area contributed by atoms with E-state index in [0.717, 1.165) is 23.2 Å². The van der Waals surface area contributed by atoms with Gasteiger partial charge in [0.25, 0.3) is 5.91 Å². The lowest BCUT2D eigenvalue weighted by molar-refractivity contribution is 0.0953. The number of fused-ring (bicyclic) bond motifs is 1. The van der Waals surface area contributed by atoms with Gasteiger partial charge in [-0.1, -0.05) is 11.3 Å². The number of anilines is 1. The molecule has 108 valence electrons. The van der Waals surface area contributed by atoms with Crippen molar-refractivity contribution in [2.75, 3.05) is 12.3 Å². The average Bonchev–Trinajstić information content (AvgIpc) is 3.10.